The first-order chi connectivity index (χ1) is 5.46. The molecule has 1 aromatic rings. The summed E-state index contributed by atoms with van der Waals surface area (Å²) in [7, 11) is 0. The quantitative estimate of drug-likeness (QED) is 0.646. The van der Waals surface area contributed by atoms with Crippen molar-refractivity contribution in [1.82, 2.24) is 14.8 Å². The van der Waals surface area contributed by atoms with Crippen molar-refractivity contribution in [1.29, 1.82) is 0 Å². The first kappa shape index (κ1) is 8.92. The monoisotopic (exact) mass is 186 g/mol. The molecule has 5 nitrogen and oxygen atoms in total. The number of nitrogens with two attached hydrogens (primary N) is 1. The molecule has 0 atom stereocenters. The number of carbonyl (C=O) groups excluding carboxylic acids is 1. The molecule has 0 aromatic carbocycles. The summed E-state index contributed by atoms with van der Waals surface area (Å²) >= 11 is 4.89. The van der Waals surface area contributed by atoms with Crippen molar-refractivity contribution in [3.8, 4) is 0 Å². The molecule has 0 spiro atoms. The molecule has 0 saturated carbocycles. The lowest BCUT2D eigenvalue weighted by molar-refractivity contribution is -0.125. The van der Waals surface area contributed by atoms with Crippen molar-refractivity contribution < 1.29 is 4.79 Å². The van der Waals surface area contributed by atoms with Crippen LogP contribution in [0.3, 0.4) is 0 Å². The van der Waals surface area contributed by atoms with Gasteiger partial charge in [-0.25, -0.2) is 0 Å². The van der Waals surface area contributed by atoms with Gasteiger partial charge in [-0.1, -0.05) is 0 Å². The fourth-order valence-corrected chi connectivity index (χ4v) is 1.09. The Bertz CT molecular complexity index is 350. The Hall–Kier alpha value is -1.17. The molecule has 0 unspecified atom stereocenters. The largest absolute Gasteiger partial charge is 0.368 e. The summed E-state index contributed by atoms with van der Waals surface area (Å²) in [6, 6.07) is 0. The van der Waals surface area contributed by atoms with E-state index in [1.807, 2.05) is 0 Å². The lowest BCUT2D eigenvalue weighted by Gasteiger charge is -2.20. The minimum absolute atomic E-state index is 0.388. The molecule has 0 aliphatic carbocycles. The maximum Gasteiger partial charge on any atom is 0.243 e. The van der Waals surface area contributed by atoms with Gasteiger partial charge in [0.05, 0.1) is 0 Å². The number of nitrogens with one attached hydrogen (secondary N) is 1. The van der Waals surface area contributed by atoms with Gasteiger partial charge in [-0.3, -0.25) is 14.5 Å². The molecule has 1 rings (SSSR count). The van der Waals surface area contributed by atoms with Gasteiger partial charge < -0.3 is 5.73 Å². The van der Waals surface area contributed by atoms with Gasteiger partial charge in [0.1, 0.15) is 11.9 Å². The third-order valence-electron chi connectivity index (χ3n) is 1.76. The van der Waals surface area contributed by atoms with Gasteiger partial charge in [-0.05, 0) is 26.1 Å². The Balaban J connectivity index is 3.23. The minimum Gasteiger partial charge on any atom is -0.368 e. The molecule has 1 amide bonds. The second kappa shape index (κ2) is 2.71. The predicted molar refractivity (Wildman–Crippen MR) is 45.9 cm³/mol. The summed E-state index contributed by atoms with van der Waals surface area (Å²) in [4.78, 5) is 11.0. The highest BCUT2D eigenvalue weighted by Crippen LogP contribution is 2.13. The van der Waals surface area contributed by atoms with Crippen molar-refractivity contribution in [2.24, 2.45) is 5.73 Å². The topological polar surface area (TPSA) is 76.7 Å². The minimum atomic E-state index is -0.829. The molecule has 12 heavy (non-hydrogen) atoms. The molecular weight excluding hydrogens is 176 g/mol. The summed E-state index contributed by atoms with van der Waals surface area (Å²) in [5, 5.41) is 6.25. The van der Waals surface area contributed by atoms with E-state index < -0.39 is 11.4 Å². The van der Waals surface area contributed by atoms with Crippen LogP contribution >= 0.6 is 12.2 Å². The molecule has 0 aliphatic rings. The van der Waals surface area contributed by atoms with Crippen LogP contribution in [0.1, 0.15) is 13.8 Å². The van der Waals surface area contributed by atoms with Crippen molar-refractivity contribution in [2.45, 2.75) is 19.4 Å². The zero-order chi connectivity index (χ0) is 9.35. The molecule has 66 valence electrons. The van der Waals surface area contributed by atoms with Crippen LogP contribution in [0.15, 0.2) is 6.33 Å². The number of amides is 1. The Morgan fingerprint density at radius 2 is 2.42 bits per heavy atom. The number of H-pyrrole nitrogens is 1. The molecule has 1 heterocycles. The van der Waals surface area contributed by atoms with E-state index in [1.165, 1.54) is 10.9 Å². The Kier molecular flexibility index (Phi) is 2.01. The van der Waals surface area contributed by atoms with Gasteiger partial charge >= 0.3 is 0 Å². The Morgan fingerprint density at radius 1 is 1.83 bits per heavy atom. The zero-order valence-electron chi connectivity index (χ0n) is 6.87. The highest BCUT2D eigenvalue weighted by Gasteiger charge is 2.27. The molecule has 6 heteroatoms. The molecule has 0 bridgehead atoms. The highest BCUT2D eigenvalue weighted by atomic mass is 32.1. The zero-order valence-corrected chi connectivity index (χ0v) is 7.68. The number of rotatable bonds is 2. The second-order valence-corrected chi connectivity index (χ2v) is 3.34. The van der Waals surface area contributed by atoms with Crippen LogP contribution in [0.2, 0.25) is 0 Å². The van der Waals surface area contributed by atoms with E-state index in [9.17, 15) is 4.79 Å². The number of aromatic amines is 1. The SMILES string of the molecule is CC(C)(C(N)=O)n1cn[nH]c1=S. The van der Waals surface area contributed by atoms with Gasteiger partial charge in [0.25, 0.3) is 0 Å². The normalized spacial score (nSPS) is 11.5. The van der Waals surface area contributed by atoms with E-state index in [0.717, 1.165) is 0 Å². The van der Waals surface area contributed by atoms with Gasteiger partial charge in [0, 0.05) is 0 Å². The van der Waals surface area contributed by atoms with E-state index in [2.05, 4.69) is 10.2 Å². The third kappa shape index (κ3) is 1.25. The second-order valence-electron chi connectivity index (χ2n) is 2.95. The lowest BCUT2D eigenvalue weighted by atomic mass is 10.1. The first-order valence-electron chi connectivity index (χ1n) is 3.38. The number of nitrogens with zero attached hydrogens (tertiary/aromatic N) is 2. The average molecular weight is 186 g/mol. The van der Waals surface area contributed by atoms with E-state index in [1.54, 1.807) is 13.8 Å². The van der Waals surface area contributed by atoms with Crippen molar-refractivity contribution in [3.63, 3.8) is 0 Å². The summed E-state index contributed by atoms with van der Waals surface area (Å²) in [5.74, 6) is -0.444. The lowest BCUT2D eigenvalue weighted by Crippen LogP contribution is -2.40. The number of primary amides is 1. The molecule has 1 aromatic heterocycles. The highest BCUT2D eigenvalue weighted by molar-refractivity contribution is 7.71. The van der Waals surface area contributed by atoms with Crippen molar-refractivity contribution in [2.75, 3.05) is 0 Å². The number of hydrogen-bond acceptors (Lipinski definition) is 3. The van der Waals surface area contributed by atoms with Crippen LogP contribution in [0, 0.1) is 4.77 Å². The van der Waals surface area contributed by atoms with E-state index in [0.29, 0.717) is 4.77 Å². The van der Waals surface area contributed by atoms with Crippen LogP contribution in [0.4, 0.5) is 0 Å². The summed E-state index contributed by atoms with van der Waals surface area (Å²) in [6.45, 7) is 3.36. The van der Waals surface area contributed by atoms with Crippen molar-refractivity contribution in [3.05, 3.63) is 11.1 Å². The fraction of sp³-hybridized carbons (Fsp3) is 0.500. The van der Waals surface area contributed by atoms with Gasteiger partial charge in [0.2, 0.25) is 5.91 Å². The average Bonchev–Trinajstić information content (AvgIpc) is 2.35. The molecule has 3 N–H and O–H groups in total. The summed E-state index contributed by atoms with van der Waals surface area (Å²) in [5.41, 5.74) is 4.35. The Morgan fingerprint density at radius 3 is 2.75 bits per heavy atom. The first-order valence-corrected chi connectivity index (χ1v) is 3.79. The van der Waals surface area contributed by atoms with E-state index in [4.69, 9.17) is 18.0 Å². The van der Waals surface area contributed by atoms with Crippen LogP contribution in [-0.2, 0) is 10.3 Å². The molecule has 0 radical (unpaired) electrons. The van der Waals surface area contributed by atoms with Gasteiger partial charge in [-0.2, -0.15) is 5.10 Å². The van der Waals surface area contributed by atoms with Crippen LogP contribution in [0.5, 0.6) is 0 Å². The maximum atomic E-state index is 11.0. The summed E-state index contributed by atoms with van der Waals surface area (Å²) < 4.78 is 1.91. The van der Waals surface area contributed by atoms with E-state index >= 15 is 0 Å². The third-order valence-corrected chi connectivity index (χ3v) is 2.05. The molecule has 0 fully saturated rings. The van der Waals surface area contributed by atoms with Crippen LogP contribution in [-0.4, -0.2) is 20.7 Å². The van der Waals surface area contributed by atoms with Crippen LogP contribution < -0.4 is 5.73 Å². The fourth-order valence-electron chi connectivity index (χ4n) is 0.765. The summed E-state index contributed by atoms with van der Waals surface area (Å²) in [6.07, 6.45) is 1.45. The number of carbonyl (C=O) groups is 1. The van der Waals surface area contributed by atoms with Gasteiger partial charge in [0.15, 0.2) is 4.77 Å². The number of hydrogen-bond donors (Lipinski definition) is 2. The smallest absolute Gasteiger partial charge is 0.243 e. The molecule has 0 saturated heterocycles. The molecular formula is C6H10N4OS. The molecule has 0 aliphatic heterocycles. The van der Waals surface area contributed by atoms with Gasteiger partial charge in [-0.15, -0.1) is 0 Å². The van der Waals surface area contributed by atoms with Crippen LogP contribution in [0.25, 0.3) is 0 Å². The Labute approximate surface area is 74.6 Å². The van der Waals surface area contributed by atoms with E-state index in [-0.39, 0.29) is 0 Å². The maximum absolute atomic E-state index is 11.0. The standard InChI is InChI=1S/C6H10N4OS/c1-6(2,4(7)11)10-3-8-9-5(10)12/h3H,1-2H3,(H2,7,11)(H,9,12). The predicted octanol–water partition coefficient (Wildman–Crippen LogP) is 0.161. The number of aromatic nitrogens is 3. The van der Waals surface area contributed by atoms with Crippen molar-refractivity contribution >= 4 is 18.1 Å².